The van der Waals surface area contributed by atoms with Gasteiger partial charge in [-0.3, -0.25) is 9.59 Å². The lowest BCUT2D eigenvalue weighted by molar-refractivity contribution is -0.145. The minimum Gasteiger partial charge on any atom is -0.381 e. The number of hydrogen-bond acceptors (Lipinski definition) is 3. The van der Waals surface area contributed by atoms with Crippen molar-refractivity contribution in [2.75, 3.05) is 32.8 Å². The minimum atomic E-state index is -0.922. The van der Waals surface area contributed by atoms with Crippen LogP contribution in [0, 0.1) is 17.0 Å². The summed E-state index contributed by atoms with van der Waals surface area (Å²) in [6.45, 7) is 2.38. The average Bonchev–Trinajstić information content (AvgIpc) is 2.86. The molecule has 2 aromatic rings. The van der Waals surface area contributed by atoms with E-state index in [4.69, 9.17) is 4.74 Å². The summed E-state index contributed by atoms with van der Waals surface area (Å²) in [6.07, 6.45) is 2.66. The molecule has 1 N–H and O–H groups in total. The normalized spacial score (nSPS) is 24.0. The fourth-order valence-electron chi connectivity index (χ4n) is 6.25. The number of hydrogen-bond donors (Lipinski definition) is 1. The van der Waals surface area contributed by atoms with Crippen LogP contribution in [0.1, 0.15) is 49.1 Å². The van der Waals surface area contributed by atoms with Gasteiger partial charge in [0.05, 0.1) is 5.41 Å². The molecule has 1 spiro atoms. The Morgan fingerprint density at radius 2 is 1.65 bits per heavy atom. The molecule has 5 nitrogen and oxygen atoms in total. The zero-order chi connectivity index (χ0) is 23.8. The number of carbonyl (C=O) groups excluding carboxylic acids is 2. The Kier molecular flexibility index (Phi) is 6.15. The first-order valence-electron chi connectivity index (χ1n) is 12.1. The van der Waals surface area contributed by atoms with Crippen molar-refractivity contribution in [3.05, 3.63) is 71.3 Å². The summed E-state index contributed by atoms with van der Waals surface area (Å²) in [4.78, 5) is 28.2. The number of amides is 2. The third-order valence-corrected chi connectivity index (χ3v) is 8.22. The number of nitrogens with zero attached hydrogens (tertiary/aromatic N) is 1. The fourth-order valence-corrected chi connectivity index (χ4v) is 6.25. The van der Waals surface area contributed by atoms with Crippen molar-refractivity contribution in [1.29, 1.82) is 0 Å². The van der Waals surface area contributed by atoms with Crippen LogP contribution in [-0.2, 0) is 19.7 Å². The van der Waals surface area contributed by atoms with Crippen LogP contribution in [0.3, 0.4) is 0 Å². The average molecular weight is 469 g/mol. The van der Waals surface area contributed by atoms with Crippen LogP contribution in [-0.4, -0.2) is 49.6 Å². The van der Waals surface area contributed by atoms with E-state index in [0.29, 0.717) is 70.5 Å². The van der Waals surface area contributed by atoms with E-state index >= 15 is 0 Å². The number of benzene rings is 2. The first-order chi connectivity index (χ1) is 16.4. The van der Waals surface area contributed by atoms with Crippen molar-refractivity contribution >= 4 is 11.8 Å². The molecule has 34 heavy (non-hydrogen) atoms. The molecule has 1 atom stereocenters. The molecule has 2 aromatic carbocycles. The van der Waals surface area contributed by atoms with Gasteiger partial charge in [-0.05, 0) is 54.9 Å². The van der Waals surface area contributed by atoms with E-state index in [1.165, 1.54) is 18.2 Å². The lowest BCUT2D eigenvalue weighted by Gasteiger charge is -2.50. The molecule has 0 aromatic heterocycles. The predicted octanol–water partition coefficient (Wildman–Crippen LogP) is 3.93. The summed E-state index contributed by atoms with van der Waals surface area (Å²) in [7, 11) is 0. The van der Waals surface area contributed by atoms with Gasteiger partial charge in [0.2, 0.25) is 11.8 Å². The standard InChI is InChI=1S/C27H30F2N2O3/c28-20-7-5-19(6-8-20)22-18-30-24(32)17-26(22)9-13-31(14-10-26)25(33)27(11-15-34-16-12-27)21-3-1-2-4-23(21)29/h1-8,22H,9-18H2,(H,30,32)/t22-/m1/s1. The number of ether oxygens (including phenoxy) is 1. The van der Waals surface area contributed by atoms with Gasteiger partial charge in [0, 0.05) is 50.8 Å². The molecule has 0 radical (unpaired) electrons. The lowest BCUT2D eigenvalue weighted by atomic mass is 9.62. The summed E-state index contributed by atoms with van der Waals surface area (Å²) >= 11 is 0. The molecule has 0 unspecified atom stereocenters. The topological polar surface area (TPSA) is 58.6 Å². The van der Waals surface area contributed by atoms with E-state index in [9.17, 15) is 18.4 Å². The molecular formula is C27H30F2N2O3. The van der Waals surface area contributed by atoms with Crippen LogP contribution < -0.4 is 5.32 Å². The molecular weight excluding hydrogens is 438 g/mol. The first kappa shape index (κ1) is 23.0. The summed E-state index contributed by atoms with van der Waals surface area (Å²) in [5.41, 5.74) is 0.255. The molecule has 3 heterocycles. The third-order valence-electron chi connectivity index (χ3n) is 8.22. The maximum absolute atomic E-state index is 14.9. The second-order valence-corrected chi connectivity index (χ2v) is 9.91. The van der Waals surface area contributed by atoms with E-state index in [2.05, 4.69) is 5.32 Å². The summed E-state index contributed by atoms with van der Waals surface area (Å²) in [5.74, 6) is -0.606. The molecule has 3 aliphatic rings. The minimum absolute atomic E-state index is 0.0189. The second-order valence-electron chi connectivity index (χ2n) is 9.91. The molecule has 3 aliphatic heterocycles. The number of halogens is 2. The van der Waals surface area contributed by atoms with Crippen molar-refractivity contribution in [3.63, 3.8) is 0 Å². The zero-order valence-corrected chi connectivity index (χ0v) is 19.2. The van der Waals surface area contributed by atoms with Gasteiger partial charge in [-0.2, -0.15) is 0 Å². The van der Waals surface area contributed by atoms with Crippen LogP contribution in [0.4, 0.5) is 8.78 Å². The summed E-state index contributed by atoms with van der Waals surface area (Å²) < 4.78 is 33.9. The maximum atomic E-state index is 14.9. The molecule has 2 amide bonds. The van der Waals surface area contributed by atoms with Gasteiger partial charge in [0.1, 0.15) is 11.6 Å². The van der Waals surface area contributed by atoms with Gasteiger partial charge >= 0.3 is 0 Å². The molecule has 0 bridgehead atoms. The van der Waals surface area contributed by atoms with Crippen molar-refractivity contribution in [2.45, 2.75) is 43.4 Å². The quantitative estimate of drug-likeness (QED) is 0.743. The monoisotopic (exact) mass is 468 g/mol. The Balaban J connectivity index is 1.39. The number of likely N-dealkylation sites (tertiary alicyclic amines) is 1. The third kappa shape index (κ3) is 4.00. The SMILES string of the molecule is O=C1CC2(CCN(C(=O)C3(c4ccccc4F)CCOCC3)CC2)[C@@H](c2ccc(F)cc2)CN1. The van der Waals surface area contributed by atoms with E-state index in [1.807, 2.05) is 4.90 Å². The van der Waals surface area contributed by atoms with Crippen molar-refractivity contribution in [3.8, 4) is 0 Å². The Hall–Kier alpha value is -2.80. The molecule has 180 valence electrons. The molecule has 0 aliphatic carbocycles. The Morgan fingerprint density at radius 1 is 0.971 bits per heavy atom. The number of rotatable bonds is 3. The number of piperidine rings is 2. The van der Waals surface area contributed by atoms with Gasteiger partial charge in [-0.15, -0.1) is 0 Å². The van der Waals surface area contributed by atoms with Crippen LogP contribution in [0.25, 0.3) is 0 Å². The zero-order valence-electron chi connectivity index (χ0n) is 19.2. The maximum Gasteiger partial charge on any atom is 0.233 e. The molecule has 3 fully saturated rings. The predicted molar refractivity (Wildman–Crippen MR) is 123 cm³/mol. The largest absolute Gasteiger partial charge is 0.381 e. The van der Waals surface area contributed by atoms with Gasteiger partial charge in [0.15, 0.2) is 0 Å². The molecule has 0 saturated carbocycles. The highest BCUT2D eigenvalue weighted by atomic mass is 19.1. The highest BCUT2D eigenvalue weighted by Crippen LogP contribution is 2.49. The van der Waals surface area contributed by atoms with E-state index in [-0.39, 0.29) is 34.8 Å². The van der Waals surface area contributed by atoms with E-state index in [0.717, 1.165) is 5.56 Å². The van der Waals surface area contributed by atoms with Crippen LogP contribution in [0.5, 0.6) is 0 Å². The number of nitrogens with one attached hydrogen (secondary N) is 1. The van der Waals surface area contributed by atoms with E-state index in [1.54, 1.807) is 30.3 Å². The Labute approximate surface area is 198 Å². The smallest absolute Gasteiger partial charge is 0.233 e. The molecule has 7 heteroatoms. The summed E-state index contributed by atoms with van der Waals surface area (Å²) in [5, 5.41) is 2.97. The fraction of sp³-hybridized carbons (Fsp3) is 0.481. The highest BCUT2D eigenvalue weighted by Gasteiger charge is 2.50. The number of carbonyl (C=O) groups is 2. The Bertz CT molecular complexity index is 1060. The van der Waals surface area contributed by atoms with Crippen LogP contribution in [0.2, 0.25) is 0 Å². The highest BCUT2D eigenvalue weighted by molar-refractivity contribution is 5.88. The second kappa shape index (κ2) is 9.10. The van der Waals surface area contributed by atoms with Gasteiger partial charge < -0.3 is 15.0 Å². The van der Waals surface area contributed by atoms with E-state index < -0.39 is 5.41 Å². The van der Waals surface area contributed by atoms with Crippen LogP contribution in [0.15, 0.2) is 48.5 Å². The van der Waals surface area contributed by atoms with Gasteiger partial charge in [-0.1, -0.05) is 30.3 Å². The van der Waals surface area contributed by atoms with Crippen LogP contribution >= 0.6 is 0 Å². The molecule has 3 saturated heterocycles. The lowest BCUT2D eigenvalue weighted by Crippen LogP contribution is -2.56. The Morgan fingerprint density at radius 3 is 2.32 bits per heavy atom. The van der Waals surface area contributed by atoms with Gasteiger partial charge in [-0.25, -0.2) is 8.78 Å². The van der Waals surface area contributed by atoms with Crippen molar-refractivity contribution < 1.29 is 23.1 Å². The molecule has 5 rings (SSSR count). The summed E-state index contributed by atoms with van der Waals surface area (Å²) in [6, 6.07) is 13.1. The van der Waals surface area contributed by atoms with Crippen molar-refractivity contribution in [2.24, 2.45) is 5.41 Å². The first-order valence-corrected chi connectivity index (χ1v) is 12.1. The van der Waals surface area contributed by atoms with Gasteiger partial charge in [0.25, 0.3) is 0 Å². The van der Waals surface area contributed by atoms with Crippen molar-refractivity contribution in [1.82, 2.24) is 10.2 Å².